The Balaban J connectivity index is 2.26. The van der Waals surface area contributed by atoms with Crippen LogP contribution in [0, 0.1) is 5.41 Å². The molecule has 1 aliphatic heterocycles. The molecule has 150 valence electrons. The van der Waals surface area contributed by atoms with E-state index in [2.05, 4.69) is 0 Å². The molecule has 0 N–H and O–H groups in total. The minimum absolute atomic E-state index is 0.0318. The number of benzene rings is 1. The molecule has 0 atom stereocenters. The summed E-state index contributed by atoms with van der Waals surface area (Å²) in [6.45, 7) is 5.85. The predicted molar refractivity (Wildman–Crippen MR) is 97.3 cm³/mol. The maximum atomic E-state index is 12.9. The van der Waals surface area contributed by atoms with E-state index in [0.717, 1.165) is 0 Å². The fraction of sp³-hybridized carbons (Fsp3) is 0.556. The zero-order chi connectivity index (χ0) is 20.2. The van der Waals surface area contributed by atoms with Crippen molar-refractivity contribution in [1.82, 2.24) is 4.31 Å². The van der Waals surface area contributed by atoms with Crippen LogP contribution in [0.5, 0.6) is 5.75 Å². The second-order valence-corrected chi connectivity index (χ2v) is 9.04. The summed E-state index contributed by atoms with van der Waals surface area (Å²) >= 11 is 0. The zero-order valence-electron chi connectivity index (χ0n) is 16.0. The first-order valence-electron chi connectivity index (χ1n) is 8.53. The molecule has 0 amide bonds. The lowest BCUT2D eigenvalue weighted by atomic mass is 9.91. The molecular formula is C18H25NO7S. The van der Waals surface area contributed by atoms with Crippen LogP contribution in [0.25, 0.3) is 0 Å². The maximum Gasteiger partial charge on any atom is 0.338 e. The van der Waals surface area contributed by atoms with Gasteiger partial charge in [-0.25, -0.2) is 13.2 Å². The van der Waals surface area contributed by atoms with E-state index >= 15 is 0 Å². The first kappa shape index (κ1) is 21.3. The molecular weight excluding hydrogens is 374 g/mol. The number of carbonyl (C=O) groups excluding carboxylic acids is 2. The number of esters is 1. The van der Waals surface area contributed by atoms with Crippen molar-refractivity contribution in [1.29, 1.82) is 0 Å². The minimum atomic E-state index is -3.86. The SMILES string of the molecule is COc1ccc(C(=O)OCC(=O)C(C)(C)C)cc1S(=O)(=O)N1CCOCC1. The average molecular weight is 399 g/mol. The van der Waals surface area contributed by atoms with E-state index in [1.807, 2.05) is 0 Å². The van der Waals surface area contributed by atoms with Gasteiger partial charge in [-0.2, -0.15) is 4.31 Å². The fourth-order valence-corrected chi connectivity index (χ4v) is 3.95. The second kappa shape index (κ2) is 8.37. The summed E-state index contributed by atoms with van der Waals surface area (Å²) in [5.74, 6) is -0.872. The Labute approximate surface area is 159 Å². The van der Waals surface area contributed by atoms with Gasteiger partial charge in [0.2, 0.25) is 10.0 Å². The van der Waals surface area contributed by atoms with E-state index in [9.17, 15) is 18.0 Å². The lowest BCUT2D eigenvalue weighted by Gasteiger charge is -2.26. The topological polar surface area (TPSA) is 99.2 Å². The van der Waals surface area contributed by atoms with Gasteiger partial charge in [0.25, 0.3) is 0 Å². The molecule has 0 radical (unpaired) electrons. The highest BCUT2D eigenvalue weighted by Gasteiger charge is 2.30. The molecule has 0 aliphatic carbocycles. The second-order valence-electron chi connectivity index (χ2n) is 7.13. The van der Waals surface area contributed by atoms with Crippen LogP contribution in [0.4, 0.5) is 0 Å². The summed E-state index contributed by atoms with van der Waals surface area (Å²) in [4.78, 5) is 24.1. The lowest BCUT2D eigenvalue weighted by Crippen LogP contribution is -2.40. The van der Waals surface area contributed by atoms with Crippen molar-refractivity contribution in [3.8, 4) is 5.75 Å². The van der Waals surface area contributed by atoms with Crippen molar-refractivity contribution in [2.45, 2.75) is 25.7 Å². The van der Waals surface area contributed by atoms with Gasteiger partial charge in [0.1, 0.15) is 10.6 Å². The Morgan fingerprint density at radius 1 is 1.19 bits per heavy atom. The van der Waals surface area contributed by atoms with Gasteiger partial charge in [-0.05, 0) is 18.2 Å². The first-order chi connectivity index (χ1) is 12.6. The van der Waals surface area contributed by atoms with E-state index in [-0.39, 0.29) is 41.7 Å². The van der Waals surface area contributed by atoms with Crippen molar-refractivity contribution in [2.24, 2.45) is 5.41 Å². The van der Waals surface area contributed by atoms with Crippen LogP contribution in [0.1, 0.15) is 31.1 Å². The maximum absolute atomic E-state index is 12.9. The minimum Gasteiger partial charge on any atom is -0.495 e. The van der Waals surface area contributed by atoms with E-state index in [1.165, 1.54) is 29.6 Å². The molecule has 0 aromatic heterocycles. The number of morpholine rings is 1. The Bertz CT molecular complexity index is 805. The number of sulfonamides is 1. The Morgan fingerprint density at radius 3 is 2.37 bits per heavy atom. The van der Waals surface area contributed by atoms with Gasteiger partial charge in [0, 0.05) is 18.5 Å². The monoisotopic (exact) mass is 399 g/mol. The molecule has 0 bridgehead atoms. The van der Waals surface area contributed by atoms with Crippen molar-refractivity contribution in [3.63, 3.8) is 0 Å². The molecule has 0 saturated carbocycles. The molecule has 1 aliphatic rings. The molecule has 1 fully saturated rings. The van der Waals surface area contributed by atoms with E-state index in [4.69, 9.17) is 14.2 Å². The molecule has 1 saturated heterocycles. The number of nitrogens with zero attached hydrogens (tertiary/aromatic N) is 1. The molecule has 0 spiro atoms. The Kier molecular flexibility index (Phi) is 6.61. The van der Waals surface area contributed by atoms with Gasteiger partial charge in [-0.15, -0.1) is 0 Å². The number of ketones is 1. The van der Waals surface area contributed by atoms with Crippen LogP contribution in [0.2, 0.25) is 0 Å². The van der Waals surface area contributed by atoms with Gasteiger partial charge in [0.05, 0.1) is 25.9 Å². The number of hydrogen-bond donors (Lipinski definition) is 0. The summed E-state index contributed by atoms with van der Waals surface area (Å²) in [7, 11) is -2.51. The van der Waals surface area contributed by atoms with Crippen molar-refractivity contribution < 1.29 is 32.2 Å². The lowest BCUT2D eigenvalue weighted by molar-refractivity contribution is -0.129. The zero-order valence-corrected chi connectivity index (χ0v) is 16.8. The number of methoxy groups -OCH3 is 1. The first-order valence-corrected chi connectivity index (χ1v) is 9.97. The van der Waals surface area contributed by atoms with E-state index in [0.29, 0.717) is 13.2 Å². The summed E-state index contributed by atoms with van der Waals surface area (Å²) in [6.07, 6.45) is 0. The van der Waals surface area contributed by atoms with Crippen LogP contribution in [-0.4, -0.2) is 64.5 Å². The number of hydrogen-bond acceptors (Lipinski definition) is 7. The van der Waals surface area contributed by atoms with Crippen LogP contribution in [-0.2, 0) is 24.3 Å². The smallest absolute Gasteiger partial charge is 0.338 e. The van der Waals surface area contributed by atoms with E-state index < -0.39 is 21.4 Å². The third-order valence-corrected chi connectivity index (χ3v) is 6.08. The highest BCUT2D eigenvalue weighted by Crippen LogP contribution is 2.28. The summed E-state index contributed by atoms with van der Waals surface area (Å²) in [5.41, 5.74) is -0.602. The fourth-order valence-electron chi connectivity index (χ4n) is 2.36. The van der Waals surface area contributed by atoms with Crippen LogP contribution >= 0.6 is 0 Å². The normalized spacial score (nSPS) is 16.0. The number of carbonyl (C=O) groups is 2. The van der Waals surface area contributed by atoms with Gasteiger partial charge < -0.3 is 14.2 Å². The van der Waals surface area contributed by atoms with Gasteiger partial charge in [-0.1, -0.05) is 20.8 Å². The summed E-state index contributed by atoms with van der Waals surface area (Å²) < 4.78 is 42.5. The van der Waals surface area contributed by atoms with Gasteiger partial charge in [-0.3, -0.25) is 4.79 Å². The van der Waals surface area contributed by atoms with Crippen LogP contribution < -0.4 is 4.74 Å². The quantitative estimate of drug-likeness (QED) is 0.668. The van der Waals surface area contributed by atoms with Crippen molar-refractivity contribution in [2.75, 3.05) is 40.0 Å². The Hall–Kier alpha value is -1.97. The summed E-state index contributed by atoms with van der Waals surface area (Å²) in [6, 6.07) is 4.02. The molecule has 1 heterocycles. The van der Waals surface area contributed by atoms with Crippen molar-refractivity contribution in [3.05, 3.63) is 23.8 Å². The standard InChI is InChI=1S/C18H25NO7S/c1-18(2,3)16(20)12-26-17(21)13-5-6-14(24-4)15(11-13)27(22,23)19-7-9-25-10-8-19/h5-6,11H,7-10,12H2,1-4H3. The average Bonchev–Trinajstić information content (AvgIpc) is 2.65. The van der Waals surface area contributed by atoms with E-state index in [1.54, 1.807) is 20.8 Å². The molecule has 0 unspecified atom stereocenters. The van der Waals surface area contributed by atoms with Gasteiger partial charge >= 0.3 is 5.97 Å². The van der Waals surface area contributed by atoms with Gasteiger partial charge in [0.15, 0.2) is 12.4 Å². The third kappa shape index (κ3) is 5.06. The van der Waals surface area contributed by atoms with Crippen molar-refractivity contribution >= 4 is 21.8 Å². The largest absolute Gasteiger partial charge is 0.495 e. The summed E-state index contributed by atoms with van der Waals surface area (Å²) in [5, 5.41) is 0. The molecule has 27 heavy (non-hydrogen) atoms. The third-order valence-electron chi connectivity index (χ3n) is 4.16. The highest BCUT2D eigenvalue weighted by molar-refractivity contribution is 7.89. The molecule has 2 rings (SSSR count). The van der Waals surface area contributed by atoms with Crippen LogP contribution in [0.15, 0.2) is 23.1 Å². The molecule has 8 nitrogen and oxygen atoms in total. The molecule has 1 aromatic carbocycles. The van der Waals surface area contributed by atoms with Crippen LogP contribution in [0.3, 0.4) is 0 Å². The predicted octanol–water partition coefficient (Wildman–Crippen LogP) is 1.49. The molecule has 9 heteroatoms. The number of rotatable bonds is 6. The highest BCUT2D eigenvalue weighted by atomic mass is 32.2. The number of Topliss-reactive ketones (excluding diaryl/α,β-unsaturated/α-hetero) is 1. The molecule has 1 aromatic rings. The number of ether oxygens (including phenoxy) is 3. The Morgan fingerprint density at radius 2 is 1.81 bits per heavy atom.